The van der Waals surface area contributed by atoms with Gasteiger partial charge in [0, 0.05) is 25.2 Å². The predicted molar refractivity (Wildman–Crippen MR) is 86.6 cm³/mol. The fourth-order valence-electron chi connectivity index (χ4n) is 2.46. The Labute approximate surface area is 134 Å². The van der Waals surface area contributed by atoms with E-state index in [9.17, 15) is 8.42 Å². The lowest BCUT2D eigenvalue weighted by Gasteiger charge is -2.33. The molecule has 0 bridgehead atoms. The van der Waals surface area contributed by atoms with E-state index in [0.29, 0.717) is 24.5 Å². The summed E-state index contributed by atoms with van der Waals surface area (Å²) in [5.74, 6) is 0.573. The lowest BCUT2D eigenvalue weighted by Crippen LogP contribution is -2.49. The topological polar surface area (TPSA) is 84.7 Å². The molecule has 1 saturated heterocycles. The zero-order chi connectivity index (χ0) is 15.5. The smallest absolute Gasteiger partial charge is 0.301 e. The Morgan fingerprint density at radius 1 is 1.48 bits per heavy atom. The first-order chi connectivity index (χ1) is 9.97. The van der Waals surface area contributed by atoms with Crippen molar-refractivity contribution in [3.63, 3.8) is 0 Å². The van der Waals surface area contributed by atoms with Crippen molar-refractivity contribution >= 4 is 31.8 Å². The highest BCUT2D eigenvalue weighted by Crippen LogP contribution is 2.29. The van der Waals surface area contributed by atoms with Crippen LogP contribution in [0.15, 0.2) is 22.7 Å². The summed E-state index contributed by atoms with van der Waals surface area (Å²) in [6.07, 6.45) is 2.68. The molecule has 1 aromatic rings. The summed E-state index contributed by atoms with van der Waals surface area (Å²) in [5.41, 5.74) is 6.16. The zero-order valence-corrected chi connectivity index (χ0v) is 14.3. The van der Waals surface area contributed by atoms with Gasteiger partial charge in [0.05, 0.1) is 17.3 Å². The Morgan fingerprint density at radius 2 is 2.24 bits per heavy atom. The van der Waals surface area contributed by atoms with Gasteiger partial charge in [-0.25, -0.2) is 0 Å². The van der Waals surface area contributed by atoms with Crippen LogP contribution in [-0.2, 0) is 10.2 Å². The van der Waals surface area contributed by atoms with Gasteiger partial charge in [0.2, 0.25) is 0 Å². The average Bonchev–Trinajstić information content (AvgIpc) is 2.49. The summed E-state index contributed by atoms with van der Waals surface area (Å²) in [6, 6.07) is 4.94. The highest BCUT2D eigenvalue weighted by Gasteiger charge is 2.31. The standard InChI is InChI=1S/C13H20BrN3O3S/c1-20-13-8-10(5-6-12(13)14)16-21(18,19)17-7-3-2-4-11(17)9-15/h5-6,8,11,16H,2-4,7,9,15H2,1H3. The van der Waals surface area contributed by atoms with E-state index >= 15 is 0 Å². The molecule has 1 heterocycles. The summed E-state index contributed by atoms with van der Waals surface area (Å²) in [5, 5.41) is 0. The zero-order valence-electron chi connectivity index (χ0n) is 11.9. The van der Waals surface area contributed by atoms with Crippen molar-refractivity contribution in [3.05, 3.63) is 22.7 Å². The molecular weight excluding hydrogens is 358 g/mol. The minimum absolute atomic E-state index is 0.131. The van der Waals surface area contributed by atoms with E-state index in [1.54, 1.807) is 18.2 Å². The number of piperidine rings is 1. The molecule has 0 aromatic heterocycles. The quantitative estimate of drug-likeness (QED) is 0.820. The lowest BCUT2D eigenvalue weighted by molar-refractivity contribution is 0.259. The average molecular weight is 378 g/mol. The number of methoxy groups -OCH3 is 1. The molecule has 1 aromatic carbocycles. The first kappa shape index (κ1) is 16.5. The SMILES string of the molecule is COc1cc(NS(=O)(=O)N2CCCCC2CN)ccc1Br. The number of halogens is 1. The molecule has 118 valence electrons. The fraction of sp³-hybridized carbons (Fsp3) is 0.538. The van der Waals surface area contributed by atoms with E-state index < -0.39 is 10.2 Å². The fourth-order valence-corrected chi connectivity index (χ4v) is 4.36. The van der Waals surface area contributed by atoms with Crippen LogP contribution in [0.5, 0.6) is 5.75 Å². The van der Waals surface area contributed by atoms with Crippen LogP contribution in [0.25, 0.3) is 0 Å². The molecule has 0 radical (unpaired) electrons. The van der Waals surface area contributed by atoms with Gasteiger partial charge in [-0.1, -0.05) is 6.42 Å². The van der Waals surface area contributed by atoms with Gasteiger partial charge < -0.3 is 10.5 Å². The number of hydrogen-bond donors (Lipinski definition) is 2. The number of benzene rings is 1. The molecule has 1 fully saturated rings. The lowest BCUT2D eigenvalue weighted by atomic mass is 10.1. The molecule has 0 saturated carbocycles. The Balaban J connectivity index is 2.20. The maximum Gasteiger partial charge on any atom is 0.301 e. The molecule has 1 unspecified atom stereocenters. The van der Waals surface area contributed by atoms with Crippen LogP contribution < -0.4 is 15.2 Å². The van der Waals surface area contributed by atoms with Crippen LogP contribution in [0.4, 0.5) is 5.69 Å². The molecule has 6 nitrogen and oxygen atoms in total. The van der Waals surface area contributed by atoms with Gasteiger partial charge in [-0.15, -0.1) is 0 Å². The van der Waals surface area contributed by atoms with Crippen molar-refractivity contribution in [2.45, 2.75) is 25.3 Å². The predicted octanol–water partition coefficient (Wildman–Crippen LogP) is 1.93. The van der Waals surface area contributed by atoms with E-state index in [1.807, 2.05) is 0 Å². The molecular formula is C13H20BrN3O3S. The number of rotatable bonds is 5. The van der Waals surface area contributed by atoms with Gasteiger partial charge in [0.1, 0.15) is 5.75 Å². The number of nitrogens with two attached hydrogens (primary N) is 1. The summed E-state index contributed by atoms with van der Waals surface area (Å²) in [6.45, 7) is 0.843. The molecule has 0 spiro atoms. The van der Waals surface area contributed by atoms with E-state index in [0.717, 1.165) is 23.7 Å². The molecule has 8 heteroatoms. The molecule has 2 rings (SSSR count). The Morgan fingerprint density at radius 3 is 2.90 bits per heavy atom. The second-order valence-corrected chi connectivity index (χ2v) is 7.43. The van der Waals surface area contributed by atoms with Crippen molar-refractivity contribution in [3.8, 4) is 5.75 Å². The van der Waals surface area contributed by atoms with Gasteiger partial charge >= 0.3 is 10.2 Å². The Hall–Kier alpha value is -0.830. The molecule has 1 atom stereocenters. The number of anilines is 1. The summed E-state index contributed by atoms with van der Waals surface area (Å²) in [4.78, 5) is 0. The minimum Gasteiger partial charge on any atom is -0.495 e. The molecule has 21 heavy (non-hydrogen) atoms. The van der Waals surface area contributed by atoms with E-state index in [1.165, 1.54) is 11.4 Å². The summed E-state index contributed by atoms with van der Waals surface area (Å²) in [7, 11) is -2.07. The first-order valence-corrected chi connectivity index (χ1v) is 9.04. The van der Waals surface area contributed by atoms with Crippen molar-refractivity contribution in [1.29, 1.82) is 0 Å². The second-order valence-electron chi connectivity index (χ2n) is 4.95. The number of nitrogens with zero attached hydrogens (tertiary/aromatic N) is 1. The minimum atomic E-state index is -3.60. The monoisotopic (exact) mass is 377 g/mol. The van der Waals surface area contributed by atoms with Gasteiger partial charge in [-0.3, -0.25) is 4.72 Å². The highest BCUT2D eigenvalue weighted by molar-refractivity contribution is 9.10. The van der Waals surface area contributed by atoms with Crippen molar-refractivity contribution < 1.29 is 13.2 Å². The maximum absolute atomic E-state index is 12.5. The maximum atomic E-state index is 12.5. The third-order valence-corrected chi connectivity index (χ3v) is 5.80. The summed E-state index contributed by atoms with van der Waals surface area (Å²) < 4.78 is 35.0. The van der Waals surface area contributed by atoms with Crippen molar-refractivity contribution in [2.75, 3.05) is 24.9 Å². The second kappa shape index (κ2) is 6.95. The van der Waals surface area contributed by atoms with Gasteiger partial charge in [-0.2, -0.15) is 12.7 Å². The van der Waals surface area contributed by atoms with Crippen LogP contribution in [0, 0.1) is 0 Å². The first-order valence-electron chi connectivity index (χ1n) is 6.81. The van der Waals surface area contributed by atoms with E-state index in [4.69, 9.17) is 10.5 Å². The Bertz CT molecular complexity index is 594. The van der Waals surface area contributed by atoms with E-state index in [2.05, 4.69) is 20.7 Å². The van der Waals surface area contributed by atoms with Crippen LogP contribution in [0.1, 0.15) is 19.3 Å². The van der Waals surface area contributed by atoms with Gasteiger partial charge in [0.15, 0.2) is 0 Å². The Kier molecular flexibility index (Phi) is 5.48. The molecule has 0 amide bonds. The van der Waals surface area contributed by atoms with Crippen LogP contribution in [-0.4, -0.2) is 39.0 Å². The molecule has 0 aliphatic carbocycles. The van der Waals surface area contributed by atoms with Gasteiger partial charge in [-0.05, 0) is 40.9 Å². The summed E-state index contributed by atoms with van der Waals surface area (Å²) >= 11 is 3.34. The van der Waals surface area contributed by atoms with Crippen LogP contribution in [0.2, 0.25) is 0 Å². The molecule has 1 aliphatic heterocycles. The van der Waals surface area contributed by atoms with E-state index in [-0.39, 0.29) is 6.04 Å². The van der Waals surface area contributed by atoms with Crippen LogP contribution >= 0.6 is 15.9 Å². The number of nitrogens with one attached hydrogen (secondary N) is 1. The normalized spacial score (nSPS) is 20.2. The van der Waals surface area contributed by atoms with Crippen molar-refractivity contribution in [2.24, 2.45) is 5.73 Å². The largest absolute Gasteiger partial charge is 0.495 e. The highest BCUT2D eigenvalue weighted by atomic mass is 79.9. The molecule has 3 N–H and O–H groups in total. The van der Waals surface area contributed by atoms with Crippen molar-refractivity contribution in [1.82, 2.24) is 4.31 Å². The van der Waals surface area contributed by atoms with Crippen LogP contribution in [0.3, 0.4) is 0 Å². The third-order valence-electron chi connectivity index (χ3n) is 3.55. The van der Waals surface area contributed by atoms with Gasteiger partial charge in [0.25, 0.3) is 0 Å². The molecule has 1 aliphatic rings. The number of hydrogen-bond acceptors (Lipinski definition) is 4. The number of ether oxygens (including phenoxy) is 1. The third kappa shape index (κ3) is 3.88.